The fraction of sp³-hybridized carbons (Fsp3) is 0.250. The maximum absolute atomic E-state index is 12.1. The van der Waals surface area contributed by atoms with Crippen molar-refractivity contribution in [3.63, 3.8) is 0 Å². The zero-order chi connectivity index (χ0) is 22.7. The molecule has 2 aromatic carbocycles. The first kappa shape index (κ1) is 21.3. The summed E-state index contributed by atoms with van der Waals surface area (Å²) >= 11 is 0. The molecule has 0 aliphatic rings. The average molecular weight is 431 g/mol. The number of hydrogen-bond acceptors (Lipinski definition) is 6. The normalized spacial score (nSPS) is 11.4. The lowest BCUT2D eigenvalue weighted by atomic mass is 10.1. The van der Waals surface area contributed by atoms with Crippen molar-refractivity contribution in [2.45, 2.75) is 33.2 Å². The number of nitrogens with one attached hydrogen (secondary N) is 3. The quantitative estimate of drug-likeness (QED) is 0.420. The largest absolute Gasteiger partial charge is 0.484 e. The highest BCUT2D eigenvalue weighted by Gasteiger charge is 2.15. The van der Waals surface area contributed by atoms with E-state index in [9.17, 15) is 4.79 Å². The van der Waals surface area contributed by atoms with Gasteiger partial charge in [-0.05, 0) is 52.0 Å². The standard InChI is InChI=1S/C24H26N6O2/c1-15-8-9-20-19(10-15)23(27-17-12-25-26-13-17)29-22(28-20)16-6-5-7-18(11-16)32-14-21(31)30-24(2,3)4/h5-13H,14H2,1-4H3,(H,25,26)(H,30,31)(H,27,28,29). The predicted molar refractivity (Wildman–Crippen MR) is 125 cm³/mol. The van der Waals surface area contributed by atoms with Gasteiger partial charge >= 0.3 is 0 Å². The van der Waals surface area contributed by atoms with Gasteiger partial charge in [-0.25, -0.2) is 9.97 Å². The van der Waals surface area contributed by atoms with Gasteiger partial charge in [-0.3, -0.25) is 9.89 Å². The summed E-state index contributed by atoms with van der Waals surface area (Å²) in [5, 5.41) is 13.9. The van der Waals surface area contributed by atoms with Gasteiger partial charge in [0.2, 0.25) is 0 Å². The zero-order valence-electron chi connectivity index (χ0n) is 18.6. The number of nitrogens with zero attached hydrogens (tertiary/aromatic N) is 3. The second-order valence-electron chi connectivity index (χ2n) is 8.64. The molecular weight excluding hydrogens is 404 g/mol. The molecule has 8 nitrogen and oxygen atoms in total. The highest BCUT2D eigenvalue weighted by atomic mass is 16.5. The number of anilines is 2. The van der Waals surface area contributed by atoms with Crippen LogP contribution in [0.3, 0.4) is 0 Å². The summed E-state index contributed by atoms with van der Waals surface area (Å²) < 4.78 is 5.70. The third kappa shape index (κ3) is 5.21. The molecule has 164 valence electrons. The van der Waals surface area contributed by atoms with Gasteiger partial charge in [-0.1, -0.05) is 23.8 Å². The summed E-state index contributed by atoms with van der Waals surface area (Å²) in [5.74, 6) is 1.64. The second kappa shape index (κ2) is 8.66. The number of aromatic nitrogens is 4. The van der Waals surface area contributed by atoms with Crippen molar-refractivity contribution in [3.05, 3.63) is 60.4 Å². The number of rotatable bonds is 6. The molecule has 0 saturated heterocycles. The predicted octanol–water partition coefficient (Wildman–Crippen LogP) is 4.37. The molecule has 1 amide bonds. The Hall–Kier alpha value is -3.94. The van der Waals surface area contributed by atoms with Crippen LogP contribution in [0, 0.1) is 6.92 Å². The van der Waals surface area contributed by atoms with E-state index in [-0.39, 0.29) is 18.1 Å². The van der Waals surface area contributed by atoms with E-state index in [0.717, 1.165) is 27.7 Å². The SMILES string of the molecule is Cc1ccc2nc(-c3cccc(OCC(=O)NC(C)(C)C)c3)nc(Nc3cn[nH]c3)c2c1. The number of ether oxygens (including phenoxy) is 1. The maximum atomic E-state index is 12.1. The molecule has 3 N–H and O–H groups in total. The van der Waals surface area contributed by atoms with E-state index >= 15 is 0 Å². The monoisotopic (exact) mass is 430 g/mol. The van der Waals surface area contributed by atoms with Crippen LogP contribution in [0.25, 0.3) is 22.3 Å². The lowest BCUT2D eigenvalue weighted by Crippen LogP contribution is -2.43. The summed E-state index contributed by atoms with van der Waals surface area (Å²) in [6, 6.07) is 13.5. The lowest BCUT2D eigenvalue weighted by molar-refractivity contribution is -0.124. The van der Waals surface area contributed by atoms with Crippen LogP contribution < -0.4 is 15.4 Å². The van der Waals surface area contributed by atoms with Crippen molar-refractivity contribution < 1.29 is 9.53 Å². The summed E-state index contributed by atoms with van der Waals surface area (Å²) in [6.45, 7) is 7.76. The summed E-state index contributed by atoms with van der Waals surface area (Å²) in [7, 11) is 0. The molecule has 0 bridgehead atoms. The third-order valence-electron chi connectivity index (χ3n) is 4.59. The highest BCUT2D eigenvalue weighted by molar-refractivity contribution is 5.92. The summed E-state index contributed by atoms with van der Waals surface area (Å²) in [6.07, 6.45) is 3.46. The van der Waals surface area contributed by atoms with Crippen molar-refractivity contribution >= 4 is 28.3 Å². The molecule has 4 aromatic rings. The number of amides is 1. The molecule has 0 unspecified atom stereocenters. The fourth-order valence-corrected chi connectivity index (χ4v) is 3.25. The number of H-pyrrole nitrogens is 1. The van der Waals surface area contributed by atoms with Gasteiger partial charge in [-0.2, -0.15) is 5.10 Å². The van der Waals surface area contributed by atoms with Gasteiger partial charge in [-0.15, -0.1) is 0 Å². The van der Waals surface area contributed by atoms with Crippen molar-refractivity contribution in [2.75, 3.05) is 11.9 Å². The van der Waals surface area contributed by atoms with Crippen LogP contribution in [0.15, 0.2) is 54.9 Å². The first-order valence-electron chi connectivity index (χ1n) is 10.4. The number of carbonyl (C=O) groups excluding carboxylic acids is 1. The van der Waals surface area contributed by atoms with Gasteiger partial charge < -0.3 is 15.4 Å². The Bertz CT molecular complexity index is 1250. The van der Waals surface area contributed by atoms with Crippen molar-refractivity contribution in [1.82, 2.24) is 25.5 Å². The van der Waals surface area contributed by atoms with Gasteiger partial charge in [0, 0.05) is 22.7 Å². The Morgan fingerprint density at radius 2 is 1.97 bits per heavy atom. The number of carbonyl (C=O) groups is 1. The minimum Gasteiger partial charge on any atom is -0.484 e. The Morgan fingerprint density at radius 1 is 1.12 bits per heavy atom. The molecule has 0 aliphatic heterocycles. The smallest absolute Gasteiger partial charge is 0.258 e. The number of hydrogen-bond donors (Lipinski definition) is 3. The first-order chi connectivity index (χ1) is 15.3. The molecule has 0 radical (unpaired) electrons. The molecular formula is C24H26N6O2. The van der Waals surface area contributed by atoms with Gasteiger partial charge in [0.25, 0.3) is 5.91 Å². The lowest BCUT2D eigenvalue weighted by Gasteiger charge is -2.20. The van der Waals surface area contributed by atoms with Gasteiger partial charge in [0.05, 0.1) is 17.4 Å². The Kier molecular flexibility index (Phi) is 5.77. The first-order valence-corrected chi connectivity index (χ1v) is 10.4. The molecule has 32 heavy (non-hydrogen) atoms. The molecule has 2 heterocycles. The van der Waals surface area contributed by atoms with Crippen LogP contribution >= 0.6 is 0 Å². The Balaban J connectivity index is 1.64. The number of aromatic amines is 1. The molecule has 0 atom stereocenters. The van der Waals surface area contributed by atoms with E-state index in [4.69, 9.17) is 14.7 Å². The third-order valence-corrected chi connectivity index (χ3v) is 4.59. The number of aryl methyl sites for hydroxylation is 1. The number of fused-ring (bicyclic) bond motifs is 1. The highest BCUT2D eigenvalue weighted by Crippen LogP contribution is 2.29. The molecule has 8 heteroatoms. The zero-order valence-corrected chi connectivity index (χ0v) is 18.6. The van der Waals surface area contributed by atoms with Crippen LogP contribution in [0.2, 0.25) is 0 Å². The topological polar surface area (TPSA) is 105 Å². The van der Waals surface area contributed by atoms with Crippen LogP contribution in [0.1, 0.15) is 26.3 Å². The van der Waals surface area contributed by atoms with E-state index in [1.54, 1.807) is 12.4 Å². The van der Waals surface area contributed by atoms with Crippen LogP contribution in [-0.4, -0.2) is 38.2 Å². The second-order valence-corrected chi connectivity index (χ2v) is 8.64. The maximum Gasteiger partial charge on any atom is 0.258 e. The van der Waals surface area contributed by atoms with Crippen LogP contribution in [0.5, 0.6) is 5.75 Å². The van der Waals surface area contributed by atoms with Crippen molar-refractivity contribution in [3.8, 4) is 17.1 Å². The summed E-state index contributed by atoms with van der Waals surface area (Å²) in [5.41, 5.74) is 3.23. The average Bonchev–Trinajstić information content (AvgIpc) is 3.24. The number of benzene rings is 2. The molecule has 2 aromatic heterocycles. The molecule has 0 saturated carbocycles. The summed E-state index contributed by atoms with van der Waals surface area (Å²) in [4.78, 5) is 21.6. The van der Waals surface area contributed by atoms with Gasteiger partial charge in [0.15, 0.2) is 12.4 Å². The van der Waals surface area contributed by atoms with Crippen LogP contribution in [0.4, 0.5) is 11.5 Å². The molecule has 0 aliphatic carbocycles. The molecule has 0 spiro atoms. The van der Waals surface area contributed by atoms with Gasteiger partial charge in [0.1, 0.15) is 11.6 Å². The minimum atomic E-state index is -0.308. The van der Waals surface area contributed by atoms with E-state index in [0.29, 0.717) is 17.4 Å². The van der Waals surface area contributed by atoms with Crippen molar-refractivity contribution in [2.24, 2.45) is 0 Å². The molecule has 0 fully saturated rings. The Labute approximate surface area is 186 Å². The Morgan fingerprint density at radius 3 is 2.72 bits per heavy atom. The van der Waals surface area contributed by atoms with E-state index in [1.807, 2.05) is 64.1 Å². The fourth-order valence-electron chi connectivity index (χ4n) is 3.25. The van der Waals surface area contributed by atoms with E-state index in [1.165, 1.54) is 0 Å². The van der Waals surface area contributed by atoms with E-state index < -0.39 is 0 Å². The van der Waals surface area contributed by atoms with E-state index in [2.05, 4.69) is 26.9 Å². The molecule has 4 rings (SSSR count). The van der Waals surface area contributed by atoms with Crippen molar-refractivity contribution in [1.29, 1.82) is 0 Å². The van der Waals surface area contributed by atoms with Crippen LogP contribution in [-0.2, 0) is 4.79 Å². The minimum absolute atomic E-state index is 0.0636.